The van der Waals surface area contributed by atoms with E-state index in [0.717, 1.165) is 0 Å². The minimum absolute atomic E-state index is 1.26. The van der Waals surface area contributed by atoms with E-state index in [0.29, 0.717) is 0 Å². The molecule has 0 spiro atoms. The van der Waals surface area contributed by atoms with E-state index in [9.17, 15) is 0 Å². The van der Waals surface area contributed by atoms with E-state index in [2.05, 4.69) is 159 Å². The van der Waals surface area contributed by atoms with Gasteiger partial charge in [-0.15, -0.1) is 0 Å². The number of hydrogen-bond donors (Lipinski definition) is 0. The summed E-state index contributed by atoms with van der Waals surface area (Å²) in [4.78, 5) is 0. The molecule has 0 nitrogen and oxygen atoms in total. The third-order valence-electron chi connectivity index (χ3n) is 8.67. The fraction of sp³-hybridized carbons (Fsp3) is 0.0244. The maximum Gasteiger partial charge on any atom is -0.00201 e. The van der Waals surface area contributed by atoms with Crippen LogP contribution in [-0.2, 0) is 0 Å². The van der Waals surface area contributed by atoms with Crippen LogP contribution < -0.4 is 0 Å². The molecule has 0 N–H and O–H groups in total. The zero-order valence-corrected chi connectivity index (χ0v) is 22.9. The smallest absolute Gasteiger partial charge is 0.00201 e. The van der Waals surface area contributed by atoms with Gasteiger partial charge in [0.25, 0.3) is 0 Å². The zero-order chi connectivity index (χ0) is 27.3. The predicted molar refractivity (Wildman–Crippen MR) is 178 cm³/mol. The molecule has 0 aliphatic carbocycles. The molecule has 0 saturated heterocycles. The Balaban J connectivity index is 1.48. The van der Waals surface area contributed by atoms with E-state index in [-0.39, 0.29) is 0 Å². The van der Waals surface area contributed by atoms with Crippen molar-refractivity contribution in [2.45, 2.75) is 6.92 Å². The van der Waals surface area contributed by atoms with Gasteiger partial charge in [0.1, 0.15) is 0 Å². The van der Waals surface area contributed by atoms with Crippen molar-refractivity contribution in [2.24, 2.45) is 0 Å². The fourth-order valence-electron chi connectivity index (χ4n) is 6.81. The highest BCUT2D eigenvalue weighted by Gasteiger charge is 2.19. The molecule has 8 rings (SSSR count). The van der Waals surface area contributed by atoms with Gasteiger partial charge in [0, 0.05) is 0 Å². The Morgan fingerprint density at radius 1 is 0.268 bits per heavy atom. The van der Waals surface area contributed by atoms with Crippen LogP contribution in [0.5, 0.6) is 0 Å². The van der Waals surface area contributed by atoms with Gasteiger partial charge in [-0.1, -0.05) is 152 Å². The van der Waals surface area contributed by atoms with Gasteiger partial charge in [0.15, 0.2) is 0 Å². The molecule has 0 heterocycles. The Labute approximate surface area is 240 Å². The van der Waals surface area contributed by atoms with Gasteiger partial charge in [-0.25, -0.2) is 0 Å². The topological polar surface area (TPSA) is 0 Å². The lowest BCUT2D eigenvalue weighted by atomic mass is 9.82. The second-order valence-corrected chi connectivity index (χ2v) is 10.9. The highest BCUT2D eigenvalue weighted by atomic mass is 14.2. The van der Waals surface area contributed by atoms with E-state index < -0.39 is 0 Å². The average Bonchev–Trinajstić information content (AvgIpc) is 3.03. The van der Waals surface area contributed by atoms with Gasteiger partial charge in [-0.05, 0) is 89.0 Å². The Hall–Kier alpha value is -5.20. The monoisotopic (exact) mass is 520 g/mol. The third-order valence-corrected chi connectivity index (χ3v) is 8.67. The highest BCUT2D eigenvalue weighted by Crippen LogP contribution is 2.47. The van der Waals surface area contributed by atoms with Gasteiger partial charge in [-0.2, -0.15) is 0 Å². The van der Waals surface area contributed by atoms with Crippen molar-refractivity contribution in [3.63, 3.8) is 0 Å². The van der Waals surface area contributed by atoms with Crippen LogP contribution >= 0.6 is 0 Å². The lowest BCUT2D eigenvalue weighted by Gasteiger charge is -2.21. The average molecular weight is 521 g/mol. The van der Waals surface area contributed by atoms with Crippen molar-refractivity contribution in [3.8, 4) is 33.4 Å². The summed E-state index contributed by atoms with van der Waals surface area (Å²) in [5.41, 5.74) is 9.04. The highest BCUT2D eigenvalue weighted by molar-refractivity contribution is 6.24. The standard InChI is InChI=1S/C41H28/c1-27-30(34-25-10-15-28-13-2-4-17-32(28)34)23-12-24-31(27)40-36-19-6-8-21-38(36)41(39-22-9-7-20-37(39)40)35-26-11-16-29-14-3-5-18-33(29)35/h2-26H,1H3. The maximum absolute atomic E-state index is 2.30. The summed E-state index contributed by atoms with van der Waals surface area (Å²) in [7, 11) is 0. The van der Waals surface area contributed by atoms with Gasteiger partial charge >= 0.3 is 0 Å². The van der Waals surface area contributed by atoms with Crippen LogP contribution in [0.2, 0.25) is 0 Å². The first-order chi connectivity index (χ1) is 20.3. The minimum Gasteiger partial charge on any atom is -0.0616 e. The summed E-state index contributed by atoms with van der Waals surface area (Å²) in [6.45, 7) is 2.29. The second kappa shape index (κ2) is 9.47. The van der Waals surface area contributed by atoms with Crippen LogP contribution in [0.3, 0.4) is 0 Å². The summed E-state index contributed by atoms with van der Waals surface area (Å²) < 4.78 is 0. The first kappa shape index (κ1) is 23.7. The second-order valence-electron chi connectivity index (χ2n) is 10.9. The lowest BCUT2D eigenvalue weighted by molar-refractivity contribution is 1.47. The molecule has 41 heavy (non-hydrogen) atoms. The van der Waals surface area contributed by atoms with Crippen LogP contribution in [0.4, 0.5) is 0 Å². The van der Waals surface area contributed by atoms with Gasteiger partial charge < -0.3 is 0 Å². The molecular formula is C41H28. The third kappa shape index (κ3) is 3.68. The number of rotatable bonds is 3. The molecule has 0 atom stereocenters. The summed E-state index contributed by atoms with van der Waals surface area (Å²) in [6, 6.07) is 55.4. The van der Waals surface area contributed by atoms with Crippen LogP contribution in [0, 0.1) is 6.92 Å². The Morgan fingerprint density at radius 2 is 0.610 bits per heavy atom. The first-order valence-corrected chi connectivity index (χ1v) is 14.3. The number of fused-ring (bicyclic) bond motifs is 4. The quantitative estimate of drug-likeness (QED) is 0.203. The van der Waals surface area contributed by atoms with E-state index in [1.807, 2.05) is 0 Å². The largest absolute Gasteiger partial charge is 0.0616 e. The number of benzene rings is 8. The van der Waals surface area contributed by atoms with Crippen molar-refractivity contribution < 1.29 is 0 Å². The molecule has 192 valence electrons. The van der Waals surface area contributed by atoms with Gasteiger partial charge in [0.2, 0.25) is 0 Å². The maximum atomic E-state index is 2.30. The van der Waals surface area contributed by atoms with Crippen molar-refractivity contribution in [2.75, 3.05) is 0 Å². The molecule has 0 fully saturated rings. The summed E-state index contributed by atoms with van der Waals surface area (Å²) in [5, 5.41) is 10.2. The van der Waals surface area contributed by atoms with Crippen LogP contribution in [0.15, 0.2) is 152 Å². The molecule has 8 aromatic carbocycles. The van der Waals surface area contributed by atoms with Crippen molar-refractivity contribution >= 4 is 43.1 Å². The molecule has 0 saturated carbocycles. The molecule has 0 bridgehead atoms. The van der Waals surface area contributed by atoms with E-state index in [1.54, 1.807) is 0 Å². The SMILES string of the molecule is Cc1c(-c2cccc3ccccc23)cccc1-c1c2ccccc2c(-c2cccc3ccccc23)c2ccccc12. The van der Waals surface area contributed by atoms with Crippen LogP contribution in [0.25, 0.3) is 76.5 Å². The van der Waals surface area contributed by atoms with Gasteiger partial charge in [-0.3, -0.25) is 0 Å². The molecule has 0 radical (unpaired) electrons. The van der Waals surface area contributed by atoms with Crippen molar-refractivity contribution in [1.29, 1.82) is 0 Å². The fourth-order valence-corrected chi connectivity index (χ4v) is 6.81. The Kier molecular flexibility index (Phi) is 5.47. The molecule has 0 heteroatoms. The van der Waals surface area contributed by atoms with E-state index in [1.165, 1.54) is 82.0 Å². The van der Waals surface area contributed by atoms with E-state index >= 15 is 0 Å². The Morgan fingerprint density at radius 3 is 1.17 bits per heavy atom. The lowest BCUT2D eigenvalue weighted by Crippen LogP contribution is -1.94. The minimum atomic E-state index is 1.26. The molecular weight excluding hydrogens is 492 g/mol. The van der Waals surface area contributed by atoms with Crippen LogP contribution in [0.1, 0.15) is 5.56 Å². The van der Waals surface area contributed by atoms with Crippen molar-refractivity contribution in [1.82, 2.24) is 0 Å². The molecule has 0 aromatic heterocycles. The molecule has 0 aliphatic heterocycles. The zero-order valence-electron chi connectivity index (χ0n) is 22.9. The van der Waals surface area contributed by atoms with E-state index in [4.69, 9.17) is 0 Å². The predicted octanol–water partition coefficient (Wildman–Crippen LogP) is 11.6. The number of hydrogen-bond acceptors (Lipinski definition) is 0. The normalized spacial score (nSPS) is 11.5. The van der Waals surface area contributed by atoms with Crippen molar-refractivity contribution in [3.05, 3.63) is 157 Å². The summed E-state index contributed by atoms with van der Waals surface area (Å²) in [5.74, 6) is 0. The van der Waals surface area contributed by atoms with Crippen LogP contribution in [-0.4, -0.2) is 0 Å². The molecule has 8 aromatic rings. The Bertz CT molecular complexity index is 2200. The molecule has 0 unspecified atom stereocenters. The first-order valence-electron chi connectivity index (χ1n) is 14.3. The summed E-state index contributed by atoms with van der Waals surface area (Å²) in [6.07, 6.45) is 0. The molecule has 0 aliphatic rings. The van der Waals surface area contributed by atoms with Gasteiger partial charge in [0.05, 0.1) is 0 Å². The molecule has 0 amide bonds. The summed E-state index contributed by atoms with van der Waals surface area (Å²) >= 11 is 0.